The van der Waals surface area contributed by atoms with E-state index in [9.17, 15) is 0 Å². The van der Waals surface area contributed by atoms with Crippen LogP contribution in [0.5, 0.6) is 5.88 Å². The second-order valence-corrected chi connectivity index (χ2v) is 6.00. The predicted octanol–water partition coefficient (Wildman–Crippen LogP) is 2.98. The van der Waals surface area contributed by atoms with Gasteiger partial charge in [-0.2, -0.15) is 4.98 Å². The van der Waals surface area contributed by atoms with Crippen molar-refractivity contribution in [2.75, 3.05) is 5.73 Å². The zero-order valence-corrected chi connectivity index (χ0v) is 11.9. The number of anilines is 1. The standard InChI is InChI=1S/C12H21N3OS/c1-7(2)9(5)17-12-10(13)11(14-6-15-12)16-8(3)4/h6-9H,13H2,1-5H3. The number of nitrogens with zero attached hydrogens (tertiary/aromatic N) is 2. The van der Waals surface area contributed by atoms with Gasteiger partial charge in [-0.25, -0.2) is 4.98 Å². The summed E-state index contributed by atoms with van der Waals surface area (Å²) in [7, 11) is 0. The molecule has 0 spiro atoms. The van der Waals surface area contributed by atoms with E-state index in [1.807, 2.05) is 13.8 Å². The fourth-order valence-corrected chi connectivity index (χ4v) is 2.03. The zero-order valence-electron chi connectivity index (χ0n) is 11.1. The van der Waals surface area contributed by atoms with Crippen molar-refractivity contribution < 1.29 is 4.74 Å². The number of nitrogen functional groups attached to an aromatic ring is 1. The Balaban J connectivity index is 2.86. The minimum Gasteiger partial charge on any atom is -0.473 e. The molecule has 0 saturated heterocycles. The first-order valence-electron chi connectivity index (χ1n) is 5.85. The molecule has 0 aliphatic heterocycles. The van der Waals surface area contributed by atoms with Crippen LogP contribution in [0.2, 0.25) is 0 Å². The lowest BCUT2D eigenvalue weighted by Gasteiger charge is -2.17. The Labute approximate surface area is 107 Å². The highest BCUT2D eigenvalue weighted by Crippen LogP contribution is 2.33. The topological polar surface area (TPSA) is 61.0 Å². The molecule has 5 heteroatoms. The van der Waals surface area contributed by atoms with Crippen LogP contribution < -0.4 is 10.5 Å². The van der Waals surface area contributed by atoms with E-state index in [1.165, 1.54) is 6.33 Å². The van der Waals surface area contributed by atoms with Crippen LogP contribution in [0.3, 0.4) is 0 Å². The molecule has 2 N–H and O–H groups in total. The average molecular weight is 255 g/mol. The number of nitrogens with two attached hydrogens (primary N) is 1. The number of thioether (sulfide) groups is 1. The smallest absolute Gasteiger partial charge is 0.241 e. The highest BCUT2D eigenvalue weighted by atomic mass is 32.2. The first-order valence-corrected chi connectivity index (χ1v) is 6.73. The Bertz CT molecular complexity index is 369. The molecule has 1 atom stereocenters. The van der Waals surface area contributed by atoms with E-state index in [0.717, 1.165) is 5.03 Å². The number of hydrogen-bond donors (Lipinski definition) is 1. The quantitative estimate of drug-likeness (QED) is 0.647. The van der Waals surface area contributed by atoms with Crippen LogP contribution in [-0.4, -0.2) is 21.3 Å². The number of rotatable bonds is 5. The SMILES string of the molecule is CC(C)Oc1ncnc(SC(C)C(C)C)c1N. The van der Waals surface area contributed by atoms with E-state index in [1.54, 1.807) is 11.8 Å². The molecule has 0 radical (unpaired) electrons. The average Bonchev–Trinajstić information content (AvgIpc) is 2.23. The van der Waals surface area contributed by atoms with E-state index in [2.05, 4.69) is 30.7 Å². The van der Waals surface area contributed by atoms with Gasteiger partial charge in [0.2, 0.25) is 5.88 Å². The first-order chi connectivity index (χ1) is 7.91. The van der Waals surface area contributed by atoms with Crippen LogP contribution in [-0.2, 0) is 0 Å². The predicted molar refractivity (Wildman–Crippen MR) is 72.4 cm³/mol. The second kappa shape index (κ2) is 6.10. The van der Waals surface area contributed by atoms with Gasteiger partial charge in [0.15, 0.2) is 0 Å². The monoisotopic (exact) mass is 255 g/mol. The Kier molecular flexibility index (Phi) is 5.05. The summed E-state index contributed by atoms with van der Waals surface area (Å²) in [5.74, 6) is 1.05. The molecule has 0 aliphatic carbocycles. The fraction of sp³-hybridized carbons (Fsp3) is 0.667. The minimum atomic E-state index is 0.0626. The van der Waals surface area contributed by atoms with E-state index in [0.29, 0.717) is 22.7 Å². The van der Waals surface area contributed by atoms with Crippen LogP contribution in [0, 0.1) is 5.92 Å². The molecule has 1 unspecified atom stereocenters. The van der Waals surface area contributed by atoms with Gasteiger partial charge in [0.05, 0.1) is 6.10 Å². The van der Waals surface area contributed by atoms with Crippen LogP contribution in [0.25, 0.3) is 0 Å². The molecule has 1 aromatic rings. The Morgan fingerprint density at radius 2 is 1.82 bits per heavy atom. The largest absolute Gasteiger partial charge is 0.473 e. The van der Waals surface area contributed by atoms with Gasteiger partial charge in [-0.05, 0) is 19.8 Å². The summed E-state index contributed by atoms with van der Waals surface area (Å²) >= 11 is 1.66. The Morgan fingerprint density at radius 1 is 1.18 bits per heavy atom. The lowest BCUT2D eigenvalue weighted by atomic mass is 10.2. The zero-order chi connectivity index (χ0) is 13.0. The molecule has 0 amide bonds. The van der Waals surface area contributed by atoms with Crippen molar-refractivity contribution in [1.29, 1.82) is 0 Å². The molecule has 0 aliphatic rings. The van der Waals surface area contributed by atoms with E-state index in [4.69, 9.17) is 10.5 Å². The van der Waals surface area contributed by atoms with Gasteiger partial charge in [-0.1, -0.05) is 20.8 Å². The van der Waals surface area contributed by atoms with Crippen LogP contribution in [0.15, 0.2) is 11.4 Å². The molecule has 1 heterocycles. The molecule has 4 nitrogen and oxygen atoms in total. The van der Waals surface area contributed by atoms with Crippen LogP contribution >= 0.6 is 11.8 Å². The van der Waals surface area contributed by atoms with E-state index >= 15 is 0 Å². The highest BCUT2D eigenvalue weighted by Gasteiger charge is 2.15. The third kappa shape index (κ3) is 4.07. The lowest BCUT2D eigenvalue weighted by Crippen LogP contribution is -2.11. The lowest BCUT2D eigenvalue weighted by molar-refractivity contribution is 0.233. The van der Waals surface area contributed by atoms with Crippen molar-refractivity contribution in [2.45, 2.75) is 51.0 Å². The van der Waals surface area contributed by atoms with Gasteiger partial charge in [0.25, 0.3) is 0 Å². The fourth-order valence-electron chi connectivity index (χ4n) is 1.09. The summed E-state index contributed by atoms with van der Waals surface area (Å²) in [5.41, 5.74) is 6.55. The molecule has 0 fully saturated rings. The summed E-state index contributed by atoms with van der Waals surface area (Å²) in [4.78, 5) is 8.28. The molecule has 1 rings (SSSR count). The molecule has 0 aromatic carbocycles. The summed E-state index contributed by atoms with van der Waals surface area (Å²) in [6.45, 7) is 10.4. The van der Waals surface area contributed by atoms with Crippen molar-refractivity contribution >= 4 is 17.4 Å². The van der Waals surface area contributed by atoms with Gasteiger partial charge in [0, 0.05) is 5.25 Å². The summed E-state index contributed by atoms with van der Waals surface area (Å²) in [6, 6.07) is 0. The number of aromatic nitrogens is 2. The molecular formula is C12H21N3OS. The molecule has 1 aromatic heterocycles. The second-order valence-electron chi connectivity index (χ2n) is 4.63. The number of hydrogen-bond acceptors (Lipinski definition) is 5. The Hall–Kier alpha value is -0.970. The maximum Gasteiger partial charge on any atom is 0.241 e. The first kappa shape index (κ1) is 14.1. The van der Waals surface area contributed by atoms with Crippen molar-refractivity contribution in [3.8, 4) is 5.88 Å². The summed E-state index contributed by atoms with van der Waals surface area (Å²) in [6.07, 6.45) is 1.57. The molecule has 96 valence electrons. The van der Waals surface area contributed by atoms with Crippen molar-refractivity contribution in [1.82, 2.24) is 9.97 Å². The van der Waals surface area contributed by atoms with Crippen LogP contribution in [0.1, 0.15) is 34.6 Å². The maximum atomic E-state index is 6.01. The van der Waals surface area contributed by atoms with Gasteiger partial charge in [0.1, 0.15) is 17.0 Å². The summed E-state index contributed by atoms with van der Waals surface area (Å²) < 4.78 is 5.54. The number of ether oxygens (including phenoxy) is 1. The Morgan fingerprint density at radius 3 is 2.35 bits per heavy atom. The van der Waals surface area contributed by atoms with Gasteiger partial charge >= 0.3 is 0 Å². The third-order valence-corrected chi connectivity index (χ3v) is 3.86. The normalized spacial score (nSPS) is 13.1. The maximum absolute atomic E-state index is 6.01. The molecule has 0 bridgehead atoms. The van der Waals surface area contributed by atoms with Gasteiger partial charge in [-0.3, -0.25) is 0 Å². The van der Waals surface area contributed by atoms with Gasteiger partial charge in [-0.15, -0.1) is 11.8 Å². The van der Waals surface area contributed by atoms with Crippen molar-refractivity contribution in [3.05, 3.63) is 6.33 Å². The van der Waals surface area contributed by atoms with E-state index in [-0.39, 0.29) is 6.10 Å². The highest BCUT2D eigenvalue weighted by molar-refractivity contribution is 8.00. The van der Waals surface area contributed by atoms with Crippen molar-refractivity contribution in [2.24, 2.45) is 5.92 Å². The third-order valence-electron chi connectivity index (χ3n) is 2.39. The van der Waals surface area contributed by atoms with Crippen molar-refractivity contribution in [3.63, 3.8) is 0 Å². The van der Waals surface area contributed by atoms with Gasteiger partial charge < -0.3 is 10.5 Å². The summed E-state index contributed by atoms with van der Waals surface area (Å²) in [5, 5.41) is 1.26. The molecule has 0 saturated carbocycles. The molecular weight excluding hydrogens is 234 g/mol. The molecule has 17 heavy (non-hydrogen) atoms. The van der Waals surface area contributed by atoms with E-state index < -0.39 is 0 Å². The van der Waals surface area contributed by atoms with Crippen LogP contribution in [0.4, 0.5) is 5.69 Å². The minimum absolute atomic E-state index is 0.0626.